The third-order valence-electron chi connectivity index (χ3n) is 5.13. The Morgan fingerprint density at radius 2 is 1.67 bits per heavy atom. The number of hydrogen-bond donors (Lipinski definition) is 0. The number of anilines is 1. The van der Waals surface area contributed by atoms with E-state index >= 15 is 0 Å². The monoisotopic (exact) mass is 464 g/mol. The van der Waals surface area contributed by atoms with Gasteiger partial charge in [-0.1, -0.05) is 48.5 Å². The average molecular weight is 465 g/mol. The molecule has 172 valence electrons. The Labute approximate surface area is 196 Å². The van der Waals surface area contributed by atoms with E-state index in [1.54, 1.807) is 48.5 Å². The Hall–Kier alpha value is -3.34. The first-order chi connectivity index (χ1) is 16.0. The van der Waals surface area contributed by atoms with Crippen LogP contribution in [-0.2, 0) is 21.4 Å². The topological polar surface area (TPSA) is 79.6 Å². The number of nitriles is 1. The smallest absolute Gasteiger partial charge is 0.264 e. The van der Waals surface area contributed by atoms with Gasteiger partial charge in [-0.2, -0.15) is 5.26 Å². The van der Waals surface area contributed by atoms with E-state index in [2.05, 4.69) is 6.07 Å². The third kappa shape index (κ3) is 6.35. The molecule has 0 fully saturated rings. The first-order valence-electron chi connectivity index (χ1n) is 10.9. The lowest BCUT2D eigenvalue weighted by Gasteiger charge is -2.27. The lowest BCUT2D eigenvalue weighted by molar-refractivity contribution is 0.0723. The number of nitrogens with zero attached hydrogens (tertiary/aromatic N) is 2. The average Bonchev–Trinajstić information content (AvgIpc) is 2.84. The van der Waals surface area contributed by atoms with Crippen molar-refractivity contribution in [2.45, 2.75) is 37.9 Å². The van der Waals surface area contributed by atoms with E-state index in [9.17, 15) is 13.7 Å². The molecule has 1 atom stereocenters. The van der Waals surface area contributed by atoms with Gasteiger partial charge in [0.25, 0.3) is 10.0 Å². The molecule has 0 N–H and O–H groups in total. The second-order valence-electron chi connectivity index (χ2n) is 7.51. The van der Waals surface area contributed by atoms with E-state index in [0.717, 1.165) is 5.56 Å². The molecule has 0 radical (unpaired) electrons. The Kier molecular flexibility index (Phi) is 8.47. The molecule has 3 aromatic rings. The highest BCUT2D eigenvalue weighted by Crippen LogP contribution is 2.31. The zero-order chi connectivity index (χ0) is 23.7. The summed E-state index contributed by atoms with van der Waals surface area (Å²) in [6, 6.07) is 24.9. The van der Waals surface area contributed by atoms with Gasteiger partial charge in [0.2, 0.25) is 0 Å². The second kappa shape index (κ2) is 11.5. The Morgan fingerprint density at radius 3 is 2.30 bits per heavy atom. The van der Waals surface area contributed by atoms with Gasteiger partial charge >= 0.3 is 0 Å². The SMILES string of the molecule is CCOC(C)CCN(c1cc(OCc2ccccc2)ccc1C#N)S(=O)(=O)c1ccccc1. The maximum absolute atomic E-state index is 13.6. The van der Waals surface area contributed by atoms with Crippen LogP contribution in [0.2, 0.25) is 0 Å². The van der Waals surface area contributed by atoms with Crippen LogP contribution in [0, 0.1) is 11.3 Å². The summed E-state index contributed by atoms with van der Waals surface area (Å²) in [6.45, 7) is 4.84. The number of rotatable bonds is 11. The Morgan fingerprint density at radius 1 is 1.00 bits per heavy atom. The predicted molar refractivity (Wildman–Crippen MR) is 129 cm³/mol. The molecule has 33 heavy (non-hydrogen) atoms. The van der Waals surface area contributed by atoms with E-state index in [0.29, 0.717) is 25.4 Å². The van der Waals surface area contributed by atoms with Gasteiger partial charge in [0.05, 0.1) is 22.3 Å². The molecule has 0 amide bonds. The number of hydrogen-bond acceptors (Lipinski definition) is 5. The zero-order valence-electron chi connectivity index (χ0n) is 18.8. The summed E-state index contributed by atoms with van der Waals surface area (Å²) in [7, 11) is -3.91. The molecule has 0 aromatic heterocycles. The fraction of sp³-hybridized carbons (Fsp3) is 0.269. The van der Waals surface area contributed by atoms with Crippen molar-refractivity contribution in [3.8, 4) is 11.8 Å². The minimum absolute atomic E-state index is 0.133. The molecule has 6 nitrogen and oxygen atoms in total. The van der Waals surface area contributed by atoms with Crippen LogP contribution in [0.4, 0.5) is 5.69 Å². The lowest BCUT2D eigenvalue weighted by atomic mass is 10.1. The quantitative estimate of drug-likeness (QED) is 0.392. The first kappa shape index (κ1) is 24.3. The van der Waals surface area contributed by atoms with Crippen LogP contribution in [0.15, 0.2) is 83.8 Å². The van der Waals surface area contributed by atoms with Crippen molar-refractivity contribution in [1.29, 1.82) is 5.26 Å². The predicted octanol–water partition coefficient (Wildman–Crippen LogP) is 5.15. The third-order valence-corrected chi connectivity index (χ3v) is 6.96. The first-order valence-corrected chi connectivity index (χ1v) is 12.3. The summed E-state index contributed by atoms with van der Waals surface area (Å²) in [4.78, 5) is 0.161. The highest BCUT2D eigenvalue weighted by Gasteiger charge is 2.27. The molecule has 7 heteroatoms. The fourth-order valence-electron chi connectivity index (χ4n) is 3.40. The van der Waals surface area contributed by atoms with Gasteiger partial charge in [-0.25, -0.2) is 8.42 Å². The molecule has 0 bridgehead atoms. The van der Waals surface area contributed by atoms with E-state index in [1.165, 1.54) is 4.31 Å². The van der Waals surface area contributed by atoms with Crippen molar-refractivity contribution < 1.29 is 17.9 Å². The fourth-order valence-corrected chi connectivity index (χ4v) is 4.91. The van der Waals surface area contributed by atoms with Gasteiger partial charge in [-0.05, 0) is 50.1 Å². The molecule has 0 saturated heterocycles. The number of benzene rings is 3. The van der Waals surface area contributed by atoms with Crippen molar-refractivity contribution in [1.82, 2.24) is 0 Å². The highest BCUT2D eigenvalue weighted by molar-refractivity contribution is 7.92. The standard InChI is InChI=1S/C26H28N2O4S/c1-3-31-21(2)16-17-28(33(29,30)25-12-8-5-9-13-25)26-18-24(15-14-23(26)19-27)32-20-22-10-6-4-7-11-22/h4-15,18,21H,3,16-17,20H2,1-2H3. The van der Waals surface area contributed by atoms with Crippen LogP contribution in [0.1, 0.15) is 31.4 Å². The highest BCUT2D eigenvalue weighted by atomic mass is 32.2. The van der Waals surface area contributed by atoms with Crippen molar-refractivity contribution >= 4 is 15.7 Å². The van der Waals surface area contributed by atoms with E-state index in [-0.39, 0.29) is 28.8 Å². The normalized spacial score (nSPS) is 12.0. The van der Waals surface area contributed by atoms with Gasteiger partial charge < -0.3 is 9.47 Å². The summed E-state index contributed by atoms with van der Waals surface area (Å²) in [5, 5.41) is 9.73. The molecular formula is C26H28N2O4S. The molecule has 0 aliphatic carbocycles. The number of ether oxygens (including phenoxy) is 2. The minimum atomic E-state index is -3.91. The van der Waals surface area contributed by atoms with Crippen LogP contribution in [0.5, 0.6) is 5.75 Å². The van der Waals surface area contributed by atoms with Crippen molar-refractivity contribution in [2.75, 3.05) is 17.5 Å². The number of sulfonamides is 1. The Balaban J connectivity index is 1.97. The maximum atomic E-state index is 13.6. The van der Waals surface area contributed by atoms with Crippen LogP contribution < -0.4 is 9.04 Å². The van der Waals surface area contributed by atoms with Gasteiger partial charge in [0, 0.05) is 19.2 Å². The summed E-state index contributed by atoms with van der Waals surface area (Å²) in [5.41, 5.74) is 1.53. The molecular weight excluding hydrogens is 436 g/mol. The van der Waals surface area contributed by atoms with Crippen LogP contribution in [0.25, 0.3) is 0 Å². The largest absolute Gasteiger partial charge is 0.489 e. The lowest BCUT2D eigenvalue weighted by Crippen LogP contribution is -2.34. The second-order valence-corrected chi connectivity index (χ2v) is 9.37. The van der Waals surface area contributed by atoms with Crippen molar-refractivity contribution in [3.63, 3.8) is 0 Å². The summed E-state index contributed by atoms with van der Waals surface area (Å²) < 4.78 is 40.0. The van der Waals surface area contributed by atoms with E-state index in [4.69, 9.17) is 9.47 Å². The van der Waals surface area contributed by atoms with Gasteiger partial charge in [-0.15, -0.1) is 0 Å². The maximum Gasteiger partial charge on any atom is 0.264 e. The van der Waals surface area contributed by atoms with Crippen LogP contribution in [-0.4, -0.2) is 27.7 Å². The summed E-state index contributed by atoms with van der Waals surface area (Å²) in [6.07, 6.45) is 0.339. The van der Waals surface area contributed by atoms with Crippen molar-refractivity contribution in [2.24, 2.45) is 0 Å². The minimum Gasteiger partial charge on any atom is -0.489 e. The van der Waals surface area contributed by atoms with Gasteiger partial charge in [0.15, 0.2) is 0 Å². The van der Waals surface area contributed by atoms with E-state index < -0.39 is 10.0 Å². The van der Waals surface area contributed by atoms with Crippen molar-refractivity contribution in [3.05, 3.63) is 90.0 Å². The molecule has 0 saturated carbocycles. The molecule has 0 spiro atoms. The van der Waals surface area contributed by atoms with Gasteiger partial charge in [-0.3, -0.25) is 4.31 Å². The Bertz CT molecular complexity index is 1180. The van der Waals surface area contributed by atoms with Gasteiger partial charge in [0.1, 0.15) is 18.4 Å². The molecule has 3 rings (SSSR count). The molecule has 0 aliphatic rings. The van der Waals surface area contributed by atoms with Crippen LogP contribution >= 0.6 is 0 Å². The molecule has 0 heterocycles. The van der Waals surface area contributed by atoms with E-state index in [1.807, 2.05) is 44.2 Å². The molecule has 3 aromatic carbocycles. The summed E-state index contributed by atoms with van der Waals surface area (Å²) >= 11 is 0. The molecule has 1 unspecified atom stereocenters. The summed E-state index contributed by atoms with van der Waals surface area (Å²) in [5.74, 6) is 0.485. The molecule has 0 aliphatic heterocycles. The zero-order valence-corrected chi connectivity index (χ0v) is 19.7. The van der Waals surface area contributed by atoms with Crippen LogP contribution in [0.3, 0.4) is 0 Å².